The average Bonchev–Trinajstić information content (AvgIpc) is 2.77. The Hall–Kier alpha value is -1.59. The predicted octanol–water partition coefficient (Wildman–Crippen LogP) is 1.46. The summed E-state index contributed by atoms with van der Waals surface area (Å²) < 4.78 is 0. The molecule has 0 aromatic carbocycles. The molecule has 0 N–H and O–H groups in total. The number of aromatic nitrogens is 2. The quantitative estimate of drug-likeness (QED) is 0.617. The van der Waals surface area contributed by atoms with Crippen LogP contribution >= 0.6 is 23.5 Å². The molecule has 1 aromatic heterocycles. The lowest BCUT2D eigenvalue weighted by Gasteiger charge is -2.16. The molecule has 8 heteroatoms. The predicted molar refractivity (Wildman–Crippen MR) is 77.6 cm³/mol. The van der Waals surface area contributed by atoms with Crippen LogP contribution in [0.5, 0.6) is 0 Å². The zero-order valence-corrected chi connectivity index (χ0v) is 12.6. The highest BCUT2D eigenvalue weighted by Crippen LogP contribution is 2.29. The van der Waals surface area contributed by atoms with E-state index in [1.54, 1.807) is 0 Å². The van der Waals surface area contributed by atoms with Gasteiger partial charge in [-0.3, -0.25) is 14.5 Å². The van der Waals surface area contributed by atoms with Crippen LogP contribution in [0.3, 0.4) is 0 Å². The lowest BCUT2D eigenvalue weighted by molar-refractivity contribution is -0.117. The number of anilines is 1. The maximum atomic E-state index is 12.1. The van der Waals surface area contributed by atoms with E-state index >= 15 is 0 Å². The summed E-state index contributed by atoms with van der Waals surface area (Å²) in [6, 6.07) is 2.00. The molecule has 20 heavy (non-hydrogen) atoms. The van der Waals surface area contributed by atoms with Gasteiger partial charge in [0.2, 0.25) is 5.91 Å². The Balaban J connectivity index is 2.29. The van der Waals surface area contributed by atoms with Crippen molar-refractivity contribution in [2.75, 3.05) is 17.7 Å². The molecule has 1 aliphatic rings. The van der Waals surface area contributed by atoms with E-state index in [-0.39, 0.29) is 28.3 Å². The number of rotatable bonds is 3. The minimum absolute atomic E-state index is 0.0161. The lowest BCUT2D eigenvalue weighted by Crippen LogP contribution is -2.27. The zero-order valence-electron chi connectivity index (χ0n) is 11.0. The summed E-state index contributed by atoms with van der Waals surface area (Å²) in [7, 11) is 0. The first-order chi connectivity index (χ1) is 9.55. The Morgan fingerprint density at radius 2 is 2.35 bits per heavy atom. The Morgan fingerprint density at radius 3 is 2.95 bits per heavy atom. The molecule has 0 aliphatic carbocycles. The monoisotopic (exact) mass is 308 g/mol. The second-order valence-corrected chi connectivity index (χ2v) is 6.40. The van der Waals surface area contributed by atoms with Crippen LogP contribution in [0.4, 0.5) is 5.82 Å². The molecule has 1 amide bonds. The third-order valence-electron chi connectivity index (χ3n) is 2.73. The van der Waals surface area contributed by atoms with Gasteiger partial charge in [0.25, 0.3) is 0 Å². The first-order valence-electron chi connectivity index (χ1n) is 5.84. The highest BCUT2D eigenvalue weighted by atomic mass is 32.2. The van der Waals surface area contributed by atoms with E-state index in [9.17, 15) is 9.59 Å². The van der Waals surface area contributed by atoms with Crippen LogP contribution in [0.25, 0.3) is 0 Å². The maximum Gasteiger partial charge on any atom is 0.229 e. The van der Waals surface area contributed by atoms with Crippen molar-refractivity contribution < 1.29 is 9.59 Å². The standard InChI is InChI=1S/C12H12N4O2S2/c1-7(17)20-9-3-10(18)16(6-9)11-8(4-13)5-14-12(15-11)19-2/h5,9H,3,6H2,1-2H3. The Bertz CT molecular complexity index is 600. The minimum atomic E-state index is -0.119. The number of thioether (sulfide) groups is 2. The van der Waals surface area contributed by atoms with Gasteiger partial charge in [-0.2, -0.15) is 5.26 Å². The summed E-state index contributed by atoms with van der Waals surface area (Å²) in [6.45, 7) is 1.87. The molecule has 6 nitrogen and oxygen atoms in total. The van der Waals surface area contributed by atoms with E-state index in [2.05, 4.69) is 9.97 Å². The van der Waals surface area contributed by atoms with Crippen molar-refractivity contribution in [3.63, 3.8) is 0 Å². The number of carbonyl (C=O) groups excluding carboxylic acids is 2. The van der Waals surface area contributed by atoms with Crippen molar-refractivity contribution in [1.82, 2.24) is 9.97 Å². The third-order valence-corrected chi connectivity index (χ3v) is 4.27. The van der Waals surface area contributed by atoms with Gasteiger partial charge in [0.1, 0.15) is 11.6 Å². The number of carbonyl (C=O) groups is 2. The highest BCUT2D eigenvalue weighted by molar-refractivity contribution is 8.14. The Kier molecular flexibility index (Phi) is 4.62. The maximum absolute atomic E-state index is 12.1. The van der Waals surface area contributed by atoms with Crippen molar-refractivity contribution >= 4 is 40.4 Å². The van der Waals surface area contributed by atoms with Crippen LogP contribution in [0.2, 0.25) is 0 Å². The second kappa shape index (κ2) is 6.24. The van der Waals surface area contributed by atoms with E-state index in [1.165, 1.54) is 29.8 Å². The molecule has 1 saturated heterocycles. The van der Waals surface area contributed by atoms with E-state index in [0.717, 1.165) is 11.8 Å². The fourth-order valence-corrected chi connectivity index (χ4v) is 3.19. The van der Waals surface area contributed by atoms with E-state index < -0.39 is 0 Å². The molecule has 0 spiro atoms. The molecule has 1 atom stereocenters. The lowest BCUT2D eigenvalue weighted by atomic mass is 10.3. The third kappa shape index (κ3) is 3.11. The van der Waals surface area contributed by atoms with Gasteiger partial charge >= 0.3 is 0 Å². The normalized spacial score (nSPS) is 18.1. The number of hydrogen-bond acceptors (Lipinski definition) is 7. The number of hydrogen-bond donors (Lipinski definition) is 0. The molecule has 0 radical (unpaired) electrons. The summed E-state index contributed by atoms with van der Waals surface area (Å²) in [5.41, 5.74) is 0.268. The van der Waals surface area contributed by atoms with Gasteiger partial charge < -0.3 is 0 Å². The molecule has 1 fully saturated rings. The molecule has 1 aromatic rings. The summed E-state index contributed by atoms with van der Waals surface area (Å²) in [5.74, 6) is 0.217. The van der Waals surface area contributed by atoms with Crippen molar-refractivity contribution in [3.05, 3.63) is 11.8 Å². The van der Waals surface area contributed by atoms with E-state index in [1.807, 2.05) is 12.3 Å². The van der Waals surface area contributed by atoms with E-state index in [0.29, 0.717) is 17.5 Å². The number of amides is 1. The van der Waals surface area contributed by atoms with Gasteiger partial charge in [0, 0.05) is 25.1 Å². The van der Waals surface area contributed by atoms with Crippen molar-refractivity contribution in [2.24, 2.45) is 0 Å². The van der Waals surface area contributed by atoms with Crippen LogP contribution in [-0.2, 0) is 9.59 Å². The minimum Gasteiger partial charge on any atom is -0.294 e. The Labute approximate surface area is 125 Å². The Morgan fingerprint density at radius 1 is 1.60 bits per heavy atom. The fourth-order valence-electron chi connectivity index (χ4n) is 1.93. The first kappa shape index (κ1) is 14.8. The number of nitrogens with zero attached hydrogens (tertiary/aromatic N) is 4. The molecule has 0 saturated carbocycles. The van der Waals surface area contributed by atoms with Gasteiger partial charge in [0.15, 0.2) is 16.1 Å². The highest BCUT2D eigenvalue weighted by Gasteiger charge is 2.34. The molecule has 2 heterocycles. The number of nitriles is 1. The van der Waals surface area contributed by atoms with Gasteiger partial charge in [0.05, 0.1) is 6.20 Å². The van der Waals surface area contributed by atoms with Gasteiger partial charge in [-0.25, -0.2) is 9.97 Å². The molecule has 1 unspecified atom stereocenters. The molecular weight excluding hydrogens is 296 g/mol. The average molecular weight is 308 g/mol. The molecule has 104 valence electrons. The van der Waals surface area contributed by atoms with Gasteiger partial charge in [-0.1, -0.05) is 23.5 Å². The van der Waals surface area contributed by atoms with Crippen LogP contribution in [-0.4, -0.2) is 39.0 Å². The van der Waals surface area contributed by atoms with Crippen LogP contribution < -0.4 is 4.90 Å². The van der Waals surface area contributed by atoms with E-state index in [4.69, 9.17) is 5.26 Å². The van der Waals surface area contributed by atoms with Crippen molar-refractivity contribution in [2.45, 2.75) is 23.8 Å². The molecule has 0 bridgehead atoms. The summed E-state index contributed by atoms with van der Waals surface area (Å²) in [6.07, 6.45) is 3.53. The molecular formula is C12H12N4O2S2. The smallest absolute Gasteiger partial charge is 0.229 e. The van der Waals surface area contributed by atoms with Crippen LogP contribution in [0.15, 0.2) is 11.4 Å². The topological polar surface area (TPSA) is 87.0 Å². The molecule has 2 rings (SSSR count). The summed E-state index contributed by atoms with van der Waals surface area (Å²) in [5, 5.41) is 9.51. The van der Waals surface area contributed by atoms with Crippen molar-refractivity contribution in [1.29, 1.82) is 5.26 Å². The summed E-state index contributed by atoms with van der Waals surface area (Å²) >= 11 is 2.50. The van der Waals surface area contributed by atoms with Gasteiger partial charge in [-0.05, 0) is 6.26 Å². The van der Waals surface area contributed by atoms with Gasteiger partial charge in [-0.15, -0.1) is 0 Å². The second-order valence-electron chi connectivity index (χ2n) is 4.15. The first-order valence-corrected chi connectivity index (χ1v) is 7.94. The van der Waals surface area contributed by atoms with Crippen molar-refractivity contribution in [3.8, 4) is 6.07 Å². The largest absolute Gasteiger partial charge is 0.294 e. The molecule has 1 aliphatic heterocycles. The fraction of sp³-hybridized carbons (Fsp3) is 0.417. The SMILES string of the molecule is CSc1ncc(C#N)c(N2CC(SC(C)=O)CC2=O)n1. The van der Waals surface area contributed by atoms with Crippen LogP contribution in [0.1, 0.15) is 18.9 Å². The zero-order chi connectivity index (χ0) is 14.7. The summed E-state index contributed by atoms with van der Waals surface area (Å²) in [4.78, 5) is 32.9. The van der Waals surface area contributed by atoms with Crippen LogP contribution in [0, 0.1) is 11.3 Å².